The van der Waals surface area contributed by atoms with Gasteiger partial charge in [0.1, 0.15) is 17.5 Å². The van der Waals surface area contributed by atoms with Crippen molar-refractivity contribution in [3.05, 3.63) is 59.3 Å². The van der Waals surface area contributed by atoms with Gasteiger partial charge in [0.25, 0.3) is 5.78 Å². The molecule has 0 spiro atoms. The average Bonchev–Trinajstić information content (AvgIpc) is 2.68. The van der Waals surface area contributed by atoms with Gasteiger partial charge >= 0.3 is 5.91 Å². The zero-order valence-corrected chi connectivity index (χ0v) is 10.1. The average molecular weight is 274 g/mol. The predicted molar refractivity (Wildman–Crippen MR) is 66.1 cm³/mol. The van der Waals surface area contributed by atoms with Crippen LogP contribution >= 0.6 is 0 Å². The molecular formula is C14H8F2N2O2. The van der Waals surface area contributed by atoms with Crippen molar-refractivity contribution < 1.29 is 18.4 Å². The summed E-state index contributed by atoms with van der Waals surface area (Å²) in [4.78, 5) is 28.6. The van der Waals surface area contributed by atoms with Crippen molar-refractivity contribution in [2.75, 3.05) is 4.90 Å². The van der Waals surface area contributed by atoms with Gasteiger partial charge in [-0.2, -0.15) is 0 Å². The van der Waals surface area contributed by atoms with E-state index >= 15 is 0 Å². The lowest BCUT2D eigenvalue weighted by Gasteiger charge is -2.15. The number of fused-ring (bicyclic) bond motifs is 1. The fraction of sp³-hybridized carbons (Fsp3) is 0.0714. The summed E-state index contributed by atoms with van der Waals surface area (Å²) < 4.78 is 26.8. The first-order valence-electron chi connectivity index (χ1n) is 5.83. The minimum Gasteiger partial charge on any atom is -0.285 e. The highest BCUT2D eigenvalue weighted by atomic mass is 19.1. The highest BCUT2D eigenvalue weighted by Crippen LogP contribution is 2.28. The van der Waals surface area contributed by atoms with Gasteiger partial charge in [-0.1, -0.05) is 0 Å². The predicted octanol–water partition coefficient (Wildman–Crippen LogP) is 2.09. The maximum Gasteiger partial charge on any atom is 0.301 e. The minimum absolute atomic E-state index is 0.00958. The molecule has 3 rings (SSSR count). The monoisotopic (exact) mass is 274 g/mol. The van der Waals surface area contributed by atoms with Gasteiger partial charge in [0.2, 0.25) is 0 Å². The van der Waals surface area contributed by atoms with Gasteiger partial charge in [0.05, 0.1) is 12.1 Å². The van der Waals surface area contributed by atoms with E-state index in [0.29, 0.717) is 0 Å². The molecule has 1 aromatic heterocycles. The number of aromatic nitrogens is 1. The lowest BCUT2D eigenvalue weighted by Crippen LogP contribution is -2.30. The normalized spacial score (nSPS) is 13.8. The third-order valence-electron chi connectivity index (χ3n) is 3.06. The van der Waals surface area contributed by atoms with Gasteiger partial charge < -0.3 is 0 Å². The number of rotatable bonds is 2. The van der Waals surface area contributed by atoms with Crippen molar-refractivity contribution >= 4 is 17.5 Å². The molecule has 0 unspecified atom stereocenters. The first-order valence-corrected chi connectivity index (χ1v) is 5.83. The van der Waals surface area contributed by atoms with E-state index in [4.69, 9.17) is 0 Å². The second-order valence-electron chi connectivity index (χ2n) is 4.33. The first-order chi connectivity index (χ1) is 9.58. The van der Waals surface area contributed by atoms with Crippen molar-refractivity contribution in [3.63, 3.8) is 0 Å². The molecule has 0 atom stereocenters. The van der Waals surface area contributed by atoms with Crippen LogP contribution in [0.1, 0.15) is 15.9 Å². The Bertz CT molecular complexity index is 731. The summed E-state index contributed by atoms with van der Waals surface area (Å²) in [7, 11) is 0. The Kier molecular flexibility index (Phi) is 2.78. The van der Waals surface area contributed by atoms with E-state index in [0.717, 1.165) is 23.1 Å². The quantitative estimate of drug-likeness (QED) is 0.788. The highest BCUT2D eigenvalue weighted by Gasteiger charge is 2.37. The number of carbonyl (C=O) groups excluding carboxylic acids is 2. The molecule has 4 nitrogen and oxygen atoms in total. The summed E-state index contributed by atoms with van der Waals surface area (Å²) in [5.41, 5.74) is 0.166. The molecule has 2 heterocycles. The summed E-state index contributed by atoms with van der Waals surface area (Å²) >= 11 is 0. The smallest absolute Gasteiger partial charge is 0.285 e. The third-order valence-corrected chi connectivity index (χ3v) is 3.06. The molecule has 2 aromatic rings. The molecule has 0 N–H and O–H groups in total. The molecule has 1 aliphatic rings. The summed E-state index contributed by atoms with van der Waals surface area (Å²) in [6.07, 6.45) is 1.43. The fourth-order valence-corrected chi connectivity index (χ4v) is 2.10. The Hall–Kier alpha value is -2.63. The topological polar surface area (TPSA) is 50.3 Å². The second kappa shape index (κ2) is 4.48. The van der Waals surface area contributed by atoms with Crippen molar-refractivity contribution in [2.24, 2.45) is 0 Å². The number of ketones is 1. The van der Waals surface area contributed by atoms with Crippen LogP contribution in [0, 0.1) is 11.6 Å². The van der Waals surface area contributed by atoms with Gasteiger partial charge in [0.15, 0.2) is 0 Å². The van der Waals surface area contributed by atoms with Crippen molar-refractivity contribution in [1.29, 1.82) is 0 Å². The lowest BCUT2D eigenvalue weighted by molar-refractivity contribution is -0.114. The van der Waals surface area contributed by atoms with E-state index in [2.05, 4.69) is 4.98 Å². The molecule has 0 aliphatic carbocycles. The summed E-state index contributed by atoms with van der Waals surface area (Å²) in [5, 5.41) is 0. The van der Waals surface area contributed by atoms with Gasteiger partial charge in [-0.15, -0.1) is 0 Å². The maximum atomic E-state index is 13.6. The van der Waals surface area contributed by atoms with Gasteiger partial charge in [-0.3, -0.25) is 14.5 Å². The molecule has 0 fully saturated rings. The van der Waals surface area contributed by atoms with Crippen LogP contribution in [0.15, 0.2) is 36.5 Å². The van der Waals surface area contributed by atoms with Crippen LogP contribution < -0.4 is 4.90 Å². The van der Waals surface area contributed by atoms with Crippen molar-refractivity contribution in [3.8, 4) is 0 Å². The Morgan fingerprint density at radius 3 is 2.75 bits per heavy atom. The highest BCUT2D eigenvalue weighted by molar-refractivity contribution is 6.51. The molecule has 0 saturated carbocycles. The molecule has 0 radical (unpaired) electrons. The van der Waals surface area contributed by atoms with Crippen LogP contribution in [-0.2, 0) is 11.3 Å². The Labute approximate surface area is 112 Å². The zero-order chi connectivity index (χ0) is 14.3. The van der Waals surface area contributed by atoms with E-state index in [-0.39, 0.29) is 23.5 Å². The Morgan fingerprint density at radius 1 is 1.15 bits per heavy atom. The summed E-state index contributed by atoms with van der Waals surface area (Å²) in [5.74, 6) is -2.56. The van der Waals surface area contributed by atoms with Gasteiger partial charge in [-0.05, 0) is 30.3 Å². The van der Waals surface area contributed by atoms with Crippen LogP contribution in [0.5, 0.6) is 0 Å². The number of amides is 1. The van der Waals surface area contributed by atoms with Crippen LogP contribution in [0.25, 0.3) is 0 Å². The minimum atomic E-state index is -0.789. The molecule has 6 heteroatoms. The molecule has 0 saturated heterocycles. The fourth-order valence-electron chi connectivity index (χ4n) is 2.10. The number of nitrogens with zero attached hydrogens (tertiary/aromatic N) is 2. The molecular weight excluding hydrogens is 266 g/mol. The number of hydrogen-bond acceptors (Lipinski definition) is 3. The lowest BCUT2D eigenvalue weighted by atomic mass is 10.2. The molecule has 20 heavy (non-hydrogen) atoms. The van der Waals surface area contributed by atoms with Crippen LogP contribution in [-0.4, -0.2) is 16.7 Å². The number of pyridine rings is 1. The number of Topliss-reactive ketones (excluding diaryl/α,β-unsaturated/α-hetero) is 1. The van der Waals surface area contributed by atoms with E-state index < -0.39 is 23.3 Å². The van der Waals surface area contributed by atoms with Crippen LogP contribution in [0.4, 0.5) is 14.6 Å². The number of halogens is 2. The Morgan fingerprint density at radius 2 is 1.95 bits per heavy atom. The first kappa shape index (κ1) is 12.4. The molecule has 1 aliphatic heterocycles. The van der Waals surface area contributed by atoms with Crippen molar-refractivity contribution in [1.82, 2.24) is 4.98 Å². The molecule has 100 valence electrons. The standard InChI is InChI=1S/C14H8F2N2O2/c15-9-3-4-11(16)8(6-9)7-18-13-10(2-1-5-17-13)12(19)14(18)20/h1-6H,7H2. The molecule has 0 bridgehead atoms. The van der Waals surface area contributed by atoms with Crippen LogP contribution in [0.2, 0.25) is 0 Å². The zero-order valence-electron chi connectivity index (χ0n) is 10.1. The van der Waals surface area contributed by atoms with E-state index in [1.165, 1.54) is 18.3 Å². The molecule has 1 amide bonds. The molecule has 1 aromatic carbocycles. The number of hydrogen-bond donors (Lipinski definition) is 0. The second-order valence-corrected chi connectivity index (χ2v) is 4.33. The maximum absolute atomic E-state index is 13.6. The van der Waals surface area contributed by atoms with Crippen molar-refractivity contribution in [2.45, 2.75) is 6.54 Å². The van der Waals surface area contributed by atoms with E-state index in [1.807, 2.05) is 0 Å². The van der Waals surface area contributed by atoms with Gasteiger partial charge in [0, 0.05) is 11.8 Å². The SMILES string of the molecule is O=C1C(=O)N(Cc2cc(F)ccc2F)c2ncccc21. The Balaban J connectivity index is 2.01. The summed E-state index contributed by atoms with van der Waals surface area (Å²) in [6, 6.07) is 5.98. The van der Waals surface area contributed by atoms with Gasteiger partial charge in [-0.25, -0.2) is 13.8 Å². The number of benzene rings is 1. The number of carbonyl (C=O) groups is 2. The largest absolute Gasteiger partial charge is 0.301 e. The summed E-state index contributed by atoms with van der Waals surface area (Å²) in [6.45, 7) is -0.238. The van der Waals surface area contributed by atoms with E-state index in [9.17, 15) is 18.4 Å². The number of anilines is 1. The third kappa shape index (κ3) is 1.85. The van der Waals surface area contributed by atoms with E-state index in [1.54, 1.807) is 0 Å². The van der Waals surface area contributed by atoms with Crippen LogP contribution in [0.3, 0.4) is 0 Å².